The molecule has 0 radical (unpaired) electrons. The van der Waals surface area contributed by atoms with Crippen molar-refractivity contribution in [1.82, 2.24) is 15.0 Å². The second-order valence-electron chi connectivity index (χ2n) is 6.86. The van der Waals surface area contributed by atoms with Crippen molar-refractivity contribution in [3.63, 3.8) is 0 Å². The summed E-state index contributed by atoms with van der Waals surface area (Å²) in [7, 11) is 1.47. The summed E-state index contributed by atoms with van der Waals surface area (Å²) in [6, 6.07) is 4.87. The maximum absolute atomic E-state index is 11.9. The van der Waals surface area contributed by atoms with E-state index < -0.39 is 5.91 Å². The van der Waals surface area contributed by atoms with Crippen LogP contribution in [-0.2, 0) is 4.74 Å². The predicted octanol–water partition coefficient (Wildman–Crippen LogP) is 0.966. The van der Waals surface area contributed by atoms with Crippen LogP contribution < -0.4 is 21.5 Å². The fourth-order valence-corrected chi connectivity index (χ4v) is 3.42. The van der Waals surface area contributed by atoms with Gasteiger partial charge in [0.2, 0.25) is 0 Å². The van der Waals surface area contributed by atoms with Gasteiger partial charge in [0.05, 0.1) is 25.6 Å². The number of carbonyl (C=O) groups is 1. The molecule has 29 heavy (non-hydrogen) atoms. The fourth-order valence-electron chi connectivity index (χ4n) is 3.42. The maximum atomic E-state index is 11.9. The van der Waals surface area contributed by atoms with Crippen LogP contribution >= 0.6 is 0 Å². The van der Waals surface area contributed by atoms with Crippen molar-refractivity contribution in [1.29, 1.82) is 0 Å². The Morgan fingerprint density at radius 3 is 3.00 bits per heavy atom. The zero-order valence-corrected chi connectivity index (χ0v) is 15.8. The topological polar surface area (TPSA) is 161 Å². The van der Waals surface area contributed by atoms with Gasteiger partial charge in [-0.05, 0) is 24.6 Å². The van der Waals surface area contributed by atoms with E-state index in [1.54, 1.807) is 18.2 Å². The van der Waals surface area contributed by atoms with E-state index in [1.807, 2.05) is 0 Å². The third-order valence-electron chi connectivity index (χ3n) is 4.95. The van der Waals surface area contributed by atoms with Crippen LogP contribution in [0.3, 0.4) is 0 Å². The highest BCUT2D eigenvalue weighted by Gasteiger charge is 2.24. The second kappa shape index (κ2) is 7.57. The van der Waals surface area contributed by atoms with E-state index in [9.17, 15) is 9.90 Å². The van der Waals surface area contributed by atoms with Gasteiger partial charge >= 0.3 is 0 Å². The number of ether oxygens (including phenoxy) is 2. The van der Waals surface area contributed by atoms with E-state index in [-0.39, 0.29) is 29.2 Å². The molecule has 1 fully saturated rings. The van der Waals surface area contributed by atoms with Crippen LogP contribution in [0.25, 0.3) is 22.3 Å². The van der Waals surface area contributed by atoms with Crippen molar-refractivity contribution in [3.05, 3.63) is 30.1 Å². The lowest BCUT2D eigenvalue weighted by atomic mass is 10.0. The van der Waals surface area contributed by atoms with Crippen molar-refractivity contribution >= 4 is 22.6 Å². The first-order chi connectivity index (χ1) is 14.0. The average molecular weight is 398 g/mol. The number of phenols is 1. The standard InChI is InChI=1S/C19H22N6O4/c1-28-14-3-2-11-9(18(14)26)6-13(23-11)16-17(19(21)27)22-7-15(25-16)24-12-4-5-29-8-10(12)20/h2-3,6-7,10,12,23,26H,4-5,8,20H2,1H3,(H2,21,27)(H,24,25)/t10-,12+/m0/s1. The monoisotopic (exact) mass is 398 g/mol. The number of nitrogens with one attached hydrogen (secondary N) is 2. The number of H-pyrrole nitrogens is 1. The molecule has 1 saturated heterocycles. The number of benzene rings is 1. The normalized spacial score (nSPS) is 19.2. The molecule has 152 valence electrons. The van der Waals surface area contributed by atoms with Crippen molar-refractivity contribution in [2.75, 3.05) is 25.6 Å². The quantitative estimate of drug-likeness (QED) is 0.425. The van der Waals surface area contributed by atoms with Crippen LogP contribution in [0.1, 0.15) is 16.9 Å². The van der Waals surface area contributed by atoms with Gasteiger partial charge in [-0.3, -0.25) is 4.79 Å². The molecule has 3 aromatic rings. The third kappa shape index (κ3) is 3.55. The molecule has 3 heterocycles. The van der Waals surface area contributed by atoms with Gasteiger partial charge in [0.1, 0.15) is 11.5 Å². The summed E-state index contributed by atoms with van der Waals surface area (Å²) in [5.74, 6) is 0.0896. The van der Waals surface area contributed by atoms with Gasteiger partial charge in [-0.1, -0.05) is 0 Å². The molecule has 1 aliphatic rings. The van der Waals surface area contributed by atoms with Crippen LogP contribution in [0.2, 0.25) is 0 Å². The van der Waals surface area contributed by atoms with Crippen LogP contribution in [0.15, 0.2) is 24.4 Å². The van der Waals surface area contributed by atoms with Gasteiger partial charge in [-0.2, -0.15) is 0 Å². The summed E-state index contributed by atoms with van der Waals surface area (Å²) in [5.41, 5.74) is 13.0. The Hall–Kier alpha value is -3.37. The Morgan fingerprint density at radius 2 is 2.28 bits per heavy atom. The number of amides is 1. The van der Waals surface area contributed by atoms with E-state index >= 15 is 0 Å². The lowest BCUT2D eigenvalue weighted by Gasteiger charge is -2.29. The molecule has 0 bridgehead atoms. The van der Waals surface area contributed by atoms with Crippen molar-refractivity contribution in [2.45, 2.75) is 18.5 Å². The van der Waals surface area contributed by atoms with Gasteiger partial charge in [-0.25, -0.2) is 9.97 Å². The summed E-state index contributed by atoms with van der Waals surface area (Å²) >= 11 is 0. The van der Waals surface area contributed by atoms with E-state index in [2.05, 4.69) is 20.3 Å². The highest BCUT2D eigenvalue weighted by atomic mass is 16.5. The van der Waals surface area contributed by atoms with E-state index in [1.165, 1.54) is 13.3 Å². The molecule has 4 rings (SSSR count). The zero-order chi connectivity index (χ0) is 20.5. The minimum absolute atomic E-state index is 0.0106. The lowest BCUT2D eigenvalue weighted by Crippen LogP contribution is -2.47. The van der Waals surface area contributed by atoms with Crippen molar-refractivity contribution in [3.8, 4) is 22.9 Å². The number of nitrogens with zero attached hydrogens (tertiary/aromatic N) is 2. The molecule has 2 aromatic heterocycles. The zero-order valence-electron chi connectivity index (χ0n) is 15.8. The smallest absolute Gasteiger partial charge is 0.269 e. The van der Waals surface area contributed by atoms with Gasteiger partial charge in [-0.15, -0.1) is 0 Å². The summed E-state index contributed by atoms with van der Waals surface area (Å²) in [6.07, 6.45) is 2.19. The number of primary amides is 1. The minimum atomic E-state index is -0.706. The molecular formula is C19H22N6O4. The number of carbonyl (C=O) groups excluding carboxylic acids is 1. The van der Waals surface area contributed by atoms with Gasteiger partial charge in [0.15, 0.2) is 17.2 Å². The molecule has 10 heteroatoms. The Morgan fingerprint density at radius 1 is 1.45 bits per heavy atom. The van der Waals surface area contributed by atoms with E-state index in [4.69, 9.17) is 20.9 Å². The molecule has 0 aliphatic carbocycles. The Balaban J connectivity index is 1.76. The molecule has 0 saturated carbocycles. The Bertz CT molecular complexity index is 1070. The molecule has 0 unspecified atom stereocenters. The average Bonchev–Trinajstić information content (AvgIpc) is 3.15. The fraction of sp³-hybridized carbons (Fsp3) is 0.316. The van der Waals surface area contributed by atoms with Gasteiger partial charge in [0, 0.05) is 29.6 Å². The number of aromatic nitrogens is 3. The summed E-state index contributed by atoms with van der Waals surface area (Å²) < 4.78 is 10.5. The number of methoxy groups -OCH3 is 1. The minimum Gasteiger partial charge on any atom is -0.504 e. The summed E-state index contributed by atoms with van der Waals surface area (Å²) in [5, 5.41) is 14.2. The number of nitrogens with two attached hydrogens (primary N) is 2. The van der Waals surface area contributed by atoms with Gasteiger partial charge in [0.25, 0.3) is 5.91 Å². The molecule has 1 aromatic carbocycles. The third-order valence-corrected chi connectivity index (χ3v) is 4.95. The predicted molar refractivity (Wildman–Crippen MR) is 107 cm³/mol. The maximum Gasteiger partial charge on any atom is 0.269 e. The molecule has 0 spiro atoms. The summed E-state index contributed by atoms with van der Waals surface area (Å²) in [6.45, 7) is 1.06. The van der Waals surface area contributed by atoms with Crippen LogP contribution in [0.5, 0.6) is 11.5 Å². The Labute approximate surface area is 166 Å². The molecule has 1 amide bonds. The van der Waals surface area contributed by atoms with E-state index in [0.29, 0.717) is 41.4 Å². The van der Waals surface area contributed by atoms with Crippen molar-refractivity contribution < 1.29 is 19.4 Å². The first-order valence-electron chi connectivity index (χ1n) is 9.13. The molecule has 7 N–H and O–H groups in total. The molecule has 10 nitrogen and oxygen atoms in total. The first kappa shape index (κ1) is 19.0. The number of phenolic OH excluding ortho intramolecular Hbond substituents is 1. The number of hydrogen-bond donors (Lipinski definition) is 5. The first-order valence-corrected chi connectivity index (χ1v) is 9.13. The van der Waals surface area contributed by atoms with Crippen LogP contribution in [0.4, 0.5) is 5.82 Å². The van der Waals surface area contributed by atoms with Crippen molar-refractivity contribution in [2.24, 2.45) is 11.5 Å². The highest BCUT2D eigenvalue weighted by Crippen LogP contribution is 2.37. The summed E-state index contributed by atoms with van der Waals surface area (Å²) in [4.78, 5) is 23.8. The van der Waals surface area contributed by atoms with E-state index in [0.717, 1.165) is 6.42 Å². The Kier molecular flexibility index (Phi) is 4.95. The molecular weight excluding hydrogens is 376 g/mol. The number of rotatable bonds is 5. The van der Waals surface area contributed by atoms with Crippen LogP contribution in [-0.4, -0.2) is 58.4 Å². The number of aromatic amines is 1. The SMILES string of the molecule is COc1ccc2[nH]c(-c3nc(N[C@@H]4CCOC[C@@H]4N)cnc3C(N)=O)cc2c1O. The number of anilines is 1. The number of hydrogen-bond acceptors (Lipinski definition) is 8. The molecule has 2 atom stereocenters. The lowest BCUT2D eigenvalue weighted by molar-refractivity contribution is 0.0752. The van der Waals surface area contributed by atoms with Gasteiger partial charge < -0.3 is 36.3 Å². The highest BCUT2D eigenvalue weighted by molar-refractivity contribution is 5.99. The molecule has 1 aliphatic heterocycles. The largest absolute Gasteiger partial charge is 0.504 e. The number of fused-ring (bicyclic) bond motifs is 1. The second-order valence-corrected chi connectivity index (χ2v) is 6.86. The van der Waals surface area contributed by atoms with Crippen LogP contribution in [0, 0.1) is 0 Å². The number of aromatic hydroxyl groups is 1.